The van der Waals surface area contributed by atoms with Crippen LogP contribution in [0.5, 0.6) is 5.75 Å². The molecule has 6 rings (SSSR count). The molecule has 0 aliphatic rings. The molecular weight excluding hydrogens is 648 g/mol. The number of hydrogen-bond donors (Lipinski definition) is 0. The van der Waals surface area contributed by atoms with Crippen molar-refractivity contribution in [2.75, 3.05) is 0 Å². The van der Waals surface area contributed by atoms with E-state index in [1.165, 1.54) is 6.07 Å². The van der Waals surface area contributed by atoms with Crippen LogP contribution in [0.15, 0.2) is 140 Å². The van der Waals surface area contributed by atoms with Crippen LogP contribution in [0.1, 0.15) is 0 Å². The molecule has 0 amide bonds. The van der Waals surface area contributed by atoms with E-state index < -0.39 is 7.25 Å². The molecule has 0 radical (unpaired) electrons. The van der Waals surface area contributed by atoms with E-state index in [4.69, 9.17) is 0 Å². The van der Waals surface area contributed by atoms with Gasteiger partial charge in [-0.3, -0.25) is 19.9 Å². The van der Waals surface area contributed by atoms with Crippen LogP contribution in [0, 0.1) is 0 Å². The van der Waals surface area contributed by atoms with E-state index in [9.17, 15) is 22.4 Å². The average Bonchev–Trinajstić information content (AvgIpc) is 3.03. The summed E-state index contributed by atoms with van der Waals surface area (Å²) in [6.45, 7) is 0. The summed E-state index contributed by atoms with van der Waals surface area (Å²) in [5.41, 5.74) is 4.20. The number of aromatic nitrogens is 6. The van der Waals surface area contributed by atoms with Crippen molar-refractivity contribution in [1.82, 2.24) is 29.9 Å². The molecule has 7 nitrogen and oxygen atoms in total. The van der Waals surface area contributed by atoms with Crippen LogP contribution in [0.2, 0.25) is 0 Å². The van der Waals surface area contributed by atoms with Gasteiger partial charge in [0.1, 0.15) is 0 Å². The fraction of sp³-hybridized carbons (Fsp3) is 0. The molecule has 0 atom stereocenters. The summed E-state index contributed by atoms with van der Waals surface area (Å²) >= 11 is 0. The van der Waals surface area contributed by atoms with Crippen LogP contribution in [0.4, 0.5) is 17.3 Å². The summed E-state index contributed by atoms with van der Waals surface area (Å²) < 4.78 is 39.0. The van der Waals surface area contributed by atoms with Crippen LogP contribution < -0.4 is 5.11 Å². The van der Waals surface area contributed by atoms with Crippen LogP contribution in [-0.2, 0) is 19.5 Å². The predicted molar refractivity (Wildman–Crippen MR) is 152 cm³/mol. The fourth-order valence-corrected chi connectivity index (χ4v) is 3.15. The molecule has 0 spiro atoms. The van der Waals surface area contributed by atoms with Gasteiger partial charge in [-0.2, -0.15) is 0 Å². The molecule has 5 aromatic heterocycles. The molecule has 0 aliphatic carbocycles. The van der Waals surface area contributed by atoms with E-state index in [-0.39, 0.29) is 25.2 Å². The summed E-state index contributed by atoms with van der Waals surface area (Å²) in [6.07, 6.45) is 10.3. The molecule has 0 saturated carbocycles. The van der Waals surface area contributed by atoms with E-state index in [1.54, 1.807) is 61.4 Å². The Morgan fingerprint density at radius 2 is 0.721 bits per heavy atom. The number of halogens is 4. The van der Waals surface area contributed by atoms with E-state index in [0.717, 1.165) is 22.8 Å². The first-order valence-electron chi connectivity index (χ1n) is 12.4. The Morgan fingerprint density at radius 3 is 1.02 bits per heavy atom. The smallest absolute Gasteiger partial charge is 0.872 e. The molecule has 13 heteroatoms. The minimum absolute atomic E-state index is 0. The largest absolute Gasteiger partial charge is 2.00 e. The van der Waals surface area contributed by atoms with Crippen LogP contribution in [-0.4, -0.2) is 37.2 Å². The van der Waals surface area contributed by atoms with Crippen molar-refractivity contribution in [2.24, 2.45) is 0 Å². The zero-order chi connectivity index (χ0) is 30.0. The van der Waals surface area contributed by atoms with Gasteiger partial charge in [0.2, 0.25) is 0 Å². The molecule has 0 fully saturated rings. The Morgan fingerprint density at radius 1 is 0.419 bits per heavy atom. The molecule has 0 aliphatic heterocycles. The number of hydrogen-bond acceptors (Lipinski definition) is 7. The van der Waals surface area contributed by atoms with E-state index in [2.05, 4.69) is 29.9 Å². The Bertz CT molecular complexity index is 1420. The number of nitrogens with zero attached hydrogens (tertiary/aromatic N) is 6. The maximum absolute atomic E-state index is 11.3. The molecule has 43 heavy (non-hydrogen) atoms. The second kappa shape index (κ2) is 18.5. The SMILES string of the molecule is F[B-](F)(F)F.[O-]c1ccccc1-c1ncccn1.[Ru+2].c1ccc(-c2ccccn2)nc1.c1ccc(-c2ccccn2)nc1. The number of pyridine rings is 4. The summed E-state index contributed by atoms with van der Waals surface area (Å²) in [6, 6.07) is 31.6. The Hall–Kier alpha value is -4.89. The first-order valence-corrected chi connectivity index (χ1v) is 12.4. The number of para-hydroxylation sites is 1. The summed E-state index contributed by atoms with van der Waals surface area (Å²) in [5.74, 6) is 0.432. The van der Waals surface area contributed by atoms with Gasteiger partial charge < -0.3 is 22.4 Å². The first kappa shape index (κ1) is 34.3. The normalized spacial score (nSPS) is 9.77. The Kier molecular flexibility index (Phi) is 14.8. The van der Waals surface area contributed by atoms with E-state index in [1.807, 2.05) is 72.8 Å². The van der Waals surface area contributed by atoms with Crippen molar-refractivity contribution < 1.29 is 41.8 Å². The van der Waals surface area contributed by atoms with Gasteiger partial charge in [0.05, 0.1) is 22.8 Å². The maximum atomic E-state index is 11.3. The van der Waals surface area contributed by atoms with Crippen molar-refractivity contribution in [3.8, 4) is 39.9 Å². The van der Waals surface area contributed by atoms with Crippen LogP contribution >= 0.6 is 0 Å². The van der Waals surface area contributed by atoms with Gasteiger partial charge in [-0.15, -0.1) is 0 Å². The number of rotatable bonds is 3. The third kappa shape index (κ3) is 13.5. The molecule has 6 aromatic rings. The van der Waals surface area contributed by atoms with Crippen molar-refractivity contribution in [2.45, 2.75) is 0 Å². The third-order valence-electron chi connectivity index (χ3n) is 4.88. The first-order chi connectivity index (χ1) is 20.3. The van der Waals surface area contributed by atoms with Crippen LogP contribution in [0.25, 0.3) is 34.2 Å². The molecule has 0 N–H and O–H groups in total. The quantitative estimate of drug-likeness (QED) is 0.151. The van der Waals surface area contributed by atoms with Gasteiger partial charge in [0.25, 0.3) is 0 Å². The molecule has 0 bridgehead atoms. The van der Waals surface area contributed by atoms with Gasteiger partial charge in [-0.1, -0.05) is 54.3 Å². The standard InChI is InChI=1S/C10H8N2O.2C10H8N2.BF4.Ru/c13-9-5-2-1-4-8(9)10-11-6-3-7-12-10;2*1-3-7-11-9(5-1)10-6-2-4-8-12-10;2-1(3,4)5;/h1-7,13H;2*1-8H;;/q;;;-1;+2/p-1. The maximum Gasteiger partial charge on any atom is 2.00 e. The van der Waals surface area contributed by atoms with Gasteiger partial charge in [-0.05, 0) is 54.6 Å². The predicted octanol–water partition coefficient (Wildman–Crippen LogP) is 6.80. The molecular formula is C30H23BF4N6ORu. The van der Waals surface area contributed by atoms with Crippen molar-refractivity contribution >= 4 is 7.25 Å². The zero-order valence-corrected chi connectivity index (χ0v) is 24.1. The number of benzene rings is 1. The molecule has 218 valence electrons. The van der Waals surface area contributed by atoms with Gasteiger partial charge in [-0.25, -0.2) is 9.97 Å². The third-order valence-corrected chi connectivity index (χ3v) is 4.88. The second-order valence-electron chi connectivity index (χ2n) is 7.92. The fourth-order valence-electron chi connectivity index (χ4n) is 3.15. The molecule has 0 unspecified atom stereocenters. The molecule has 1 aromatic carbocycles. The van der Waals surface area contributed by atoms with Gasteiger partial charge in [0, 0.05) is 42.7 Å². The van der Waals surface area contributed by atoms with Crippen molar-refractivity contribution in [3.05, 3.63) is 140 Å². The summed E-state index contributed by atoms with van der Waals surface area (Å²) in [4.78, 5) is 24.7. The minimum atomic E-state index is -6.00. The second-order valence-corrected chi connectivity index (χ2v) is 7.92. The van der Waals surface area contributed by atoms with Crippen LogP contribution in [0.3, 0.4) is 0 Å². The topological polar surface area (TPSA) is 100 Å². The van der Waals surface area contributed by atoms with E-state index >= 15 is 0 Å². The van der Waals surface area contributed by atoms with Gasteiger partial charge >= 0.3 is 26.7 Å². The molecule has 5 heterocycles. The summed E-state index contributed by atoms with van der Waals surface area (Å²) in [7, 11) is -6.00. The van der Waals surface area contributed by atoms with E-state index in [0.29, 0.717) is 11.4 Å². The Balaban J connectivity index is 0.000000207. The minimum Gasteiger partial charge on any atom is -0.872 e. The Labute approximate surface area is 258 Å². The van der Waals surface area contributed by atoms with Gasteiger partial charge in [0.15, 0.2) is 5.82 Å². The summed E-state index contributed by atoms with van der Waals surface area (Å²) in [5, 5.41) is 11.3. The van der Waals surface area contributed by atoms with Crippen molar-refractivity contribution in [1.29, 1.82) is 0 Å². The zero-order valence-electron chi connectivity index (χ0n) is 22.3. The average molecular weight is 671 g/mol. The monoisotopic (exact) mass is 672 g/mol. The van der Waals surface area contributed by atoms with Crippen molar-refractivity contribution in [3.63, 3.8) is 0 Å². The molecule has 0 saturated heterocycles.